The highest BCUT2D eigenvalue weighted by atomic mass is 32.1. The van der Waals surface area contributed by atoms with E-state index >= 15 is 0 Å². The molecule has 0 bridgehead atoms. The first-order valence-electron chi connectivity index (χ1n) is 9.43. The van der Waals surface area contributed by atoms with Crippen molar-refractivity contribution in [2.24, 2.45) is 0 Å². The minimum Gasteiger partial charge on any atom is -0.443 e. The second-order valence-electron chi connectivity index (χ2n) is 6.60. The molecule has 0 aliphatic carbocycles. The van der Waals surface area contributed by atoms with Crippen LogP contribution in [0.25, 0.3) is 10.6 Å². The van der Waals surface area contributed by atoms with Gasteiger partial charge < -0.3 is 10.1 Å². The zero-order valence-corrected chi connectivity index (χ0v) is 17.0. The molecule has 4 rings (SSSR count). The van der Waals surface area contributed by atoms with E-state index in [9.17, 15) is 14.0 Å². The summed E-state index contributed by atoms with van der Waals surface area (Å²) in [5.41, 5.74) is 1.91. The van der Waals surface area contributed by atoms with Gasteiger partial charge in [0.25, 0.3) is 5.91 Å². The van der Waals surface area contributed by atoms with Crippen LogP contribution in [-0.4, -0.2) is 16.9 Å². The third kappa shape index (κ3) is 5.02. The number of hydrogen-bond acceptors (Lipinski definition) is 5. The van der Waals surface area contributed by atoms with Gasteiger partial charge in [0.2, 0.25) is 6.10 Å². The van der Waals surface area contributed by atoms with Gasteiger partial charge in [-0.15, -0.1) is 11.3 Å². The van der Waals surface area contributed by atoms with Crippen molar-refractivity contribution in [3.05, 3.63) is 107 Å². The summed E-state index contributed by atoms with van der Waals surface area (Å²) in [5.74, 6) is -1.67. The maximum Gasteiger partial charge on any atom is 0.358 e. The predicted molar refractivity (Wildman–Crippen MR) is 117 cm³/mol. The van der Waals surface area contributed by atoms with E-state index in [0.717, 1.165) is 5.56 Å². The monoisotopic (exact) mass is 432 g/mol. The number of esters is 1. The van der Waals surface area contributed by atoms with Crippen LogP contribution in [0, 0.1) is 5.82 Å². The second-order valence-corrected chi connectivity index (χ2v) is 7.45. The number of aromatic nitrogens is 1. The maximum atomic E-state index is 13.1. The van der Waals surface area contributed by atoms with Gasteiger partial charge in [-0.25, -0.2) is 14.2 Å². The Kier molecular flexibility index (Phi) is 6.14. The van der Waals surface area contributed by atoms with Gasteiger partial charge in [-0.1, -0.05) is 60.7 Å². The summed E-state index contributed by atoms with van der Waals surface area (Å²) in [4.78, 5) is 30.0. The van der Waals surface area contributed by atoms with Gasteiger partial charge in [0.1, 0.15) is 10.8 Å². The first-order chi connectivity index (χ1) is 15.1. The zero-order chi connectivity index (χ0) is 21.6. The lowest BCUT2D eigenvalue weighted by molar-refractivity contribution is -0.125. The van der Waals surface area contributed by atoms with Gasteiger partial charge in [0, 0.05) is 22.2 Å². The Morgan fingerprint density at radius 1 is 0.903 bits per heavy atom. The summed E-state index contributed by atoms with van der Waals surface area (Å²) < 4.78 is 18.7. The lowest BCUT2D eigenvalue weighted by Crippen LogP contribution is -2.26. The summed E-state index contributed by atoms with van der Waals surface area (Å²) in [6.07, 6.45) is -1.19. The average molecular weight is 432 g/mol. The van der Waals surface area contributed by atoms with E-state index in [1.165, 1.54) is 35.6 Å². The van der Waals surface area contributed by atoms with Crippen molar-refractivity contribution in [3.8, 4) is 10.6 Å². The number of anilines is 1. The van der Waals surface area contributed by atoms with Crippen LogP contribution < -0.4 is 5.32 Å². The summed E-state index contributed by atoms with van der Waals surface area (Å²) in [5, 5.41) is 4.94. The summed E-state index contributed by atoms with van der Waals surface area (Å²) in [6, 6.07) is 23.5. The van der Waals surface area contributed by atoms with Crippen molar-refractivity contribution in [3.63, 3.8) is 0 Å². The second kappa shape index (κ2) is 9.32. The molecule has 0 saturated carbocycles. The minimum atomic E-state index is -1.19. The largest absolute Gasteiger partial charge is 0.443 e. The van der Waals surface area contributed by atoms with Crippen LogP contribution in [-0.2, 0) is 9.53 Å². The van der Waals surface area contributed by atoms with E-state index in [1.54, 1.807) is 35.7 Å². The van der Waals surface area contributed by atoms with Gasteiger partial charge in [-0.05, 0) is 24.3 Å². The molecule has 3 aromatic carbocycles. The average Bonchev–Trinajstić information content (AvgIpc) is 3.30. The van der Waals surface area contributed by atoms with Crippen molar-refractivity contribution >= 4 is 28.9 Å². The third-order valence-electron chi connectivity index (χ3n) is 4.41. The maximum absolute atomic E-state index is 13.1. The van der Waals surface area contributed by atoms with E-state index < -0.39 is 23.8 Å². The van der Waals surface area contributed by atoms with E-state index in [1.807, 2.05) is 30.3 Å². The van der Waals surface area contributed by atoms with Crippen molar-refractivity contribution in [2.45, 2.75) is 6.10 Å². The molecule has 7 heteroatoms. The molecular formula is C24H17FN2O3S. The molecule has 4 aromatic rings. The molecule has 1 amide bonds. The predicted octanol–water partition coefficient (Wildman–Crippen LogP) is 5.49. The molecule has 0 spiro atoms. The van der Waals surface area contributed by atoms with E-state index in [2.05, 4.69) is 10.3 Å². The first-order valence-corrected chi connectivity index (χ1v) is 10.3. The Hall–Kier alpha value is -3.84. The standard InChI is InChI=1S/C24H17FN2O3S/c25-18-11-13-19(14-12-18)26-22(28)21(16-7-3-1-4-8-16)30-24(29)20-15-31-23(27-20)17-9-5-2-6-10-17/h1-15,21H,(H,26,28). The number of halogens is 1. The Morgan fingerprint density at radius 3 is 2.23 bits per heavy atom. The van der Waals surface area contributed by atoms with Gasteiger partial charge >= 0.3 is 5.97 Å². The number of rotatable bonds is 6. The first kappa shape index (κ1) is 20.4. The van der Waals surface area contributed by atoms with Crippen LogP contribution in [0.2, 0.25) is 0 Å². The molecule has 0 fully saturated rings. The van der Waals surface area contributed by atoms with E-state index in [4.69, 9.17) is 4.74 Å². The number of thiazole rings is 1. The third-order valence-corrected chi connectivity index (χ3v) is 5.30. The minimum absolute atomic E-state index is 0.124. The molecular weight excluding hydrogens is 415 g/mol. The number of carbonyl (C=O) groups is 2. The number of benzene rings is 3. The molecule has 0 aliphatic rings. The molecule has 0 saturated heterocycles. The number of hydrogen-bond donors (Lipinski definition) is 1. The number of carbonyl (C=O) groups excluding carboxylic acids is 2. The van der Waals surface area contributed by atoms with Gasteiger partial charge in [-0.2, -0.15) is 0 Å². The molecule has 1 unspecified atom stereocenters. The Morgan fingerprint density at radius 2 is 1.55 bits per heavy atom. The van der Waals surface area contributed by atoms with Gasteiger partial charge in [0.15, 0.2) is 5.69 Å². The molecule has 31 heavy (non-hydrogen) atoms. The smallest absolute Gasteiger partial charge is 0.358 e. The molecule has 1 N–H and O–H groups in total. The summed E-state index contributed by atoms with van der Waals surface area (Å²) in [6.45, 7) is 0. The number of ether oxygens (including phenoxy) is 1. The zero-order valence-electron chi connectivity index (χ0n) is 16.2. The van der Waals surface area contributed by atoms with Crippen molar-refractivity contribution in [2.75, 3.05) is 5.32 Å². The highest BCUT2D eigenvalue weighted by Crippen LogP contribution is 2.26. The van der Waals surface area contributed by atoms with Crippen LogP contribution in [0.4, 0.5) is 10.1 Å². The molecule has 5 nitrogen and oxygen atoms in total. The fraction of sp³-hybridized carbons (Fsp3) is 0.0417. The van der Waals surface area contributed by atoms with Crippen molar-refractivity contribution in [1.29, 1.82) is 0 Å². The summed E-state index contributed by atoms with van der Waals surface area (Å²) >= 11 is 1.32. The number of nitrogens with one attached hydrogen (secondary N) is 1. The van der Waals surface area contributed by atoms with Crippen LogP contribution in [0.3, 0.4) is 0 Å². The molecule has 1 atom stereocenters. The highest BCUT2D eigenvalue weighted by Gasteiger charge is 2.27. The highest BCUT2D eigenvalue weighted by molar-refractivity contribution is 7.13. The topological polar surface area (TPSA) is 68.3 Å². The van der Waals surface area contributed by atoms with Crippen LogP contribution in [0.15, 0.2) is 90.3 Å². The molecule has 1 aromatic heterocycles. The van der Waals surface area contributed by atoms with Crippen molar-refractivity contribution in [1.82, 2.24) is 4.98 Å². The normalized spacial score (nSPS) is 11.5. The quantitative estimate of drug-likeness (QED) is 0.409. The molecule has 0 aliphatic heterocycles. The van der Waals surface area contributed by atoms with Gasteiger partial charge in [-0.3, -0.25) is 4.79 Å². The fourth-order valence-corrected chi connectivity index (χ4v) is 3.69. The number of nitrogens with zero attached hydrogens (tertiary/aromatic N) is 1. The SMILES string of the molecule is O=C(OC(C(=O)Nc1ccc(F)cc1)c1ccccc1)c1csc(-c2ccccc2)n1. The lowest BCUT2D eigenvalue weighted by Gasteiger charge is -2.17. The fourth-order valence-electron chi connectivity index (χ4n) is 2.89. The molecule has 0 radical (unpaired) electrons. The van der Waals surface area contributed by atoms with Crippen LogP contribution >= 0.6 is 11.3 Å². The van der Waals surface area contributed by atoms with Crippen LogP contribution in [0.5, 0.6) is 0 Å². The Bertz CT molecular complexity index is 1180. The van der Waals surface area contributed by atoms with E-state index in [0.29, 0.717) is 16.3 Å². The van der Waals surface area contributed by atoms with Crippen LogP contribution in [0.1, 0.15) is 22.2 Å². The van der Waals surface area contributed by atoms with Crippen molar-refractivity contribution < 1.29 is 18.7 Å². The Labute approximate surface area is 182 Å². The molecule has 154 valence electrons. The lowest BCUT2D eigenvalue weighted by atomic mass is 10.1. The molecule has 1 heterocycles. The van der Waals surface area contributed by atoms with E-state index in [-0.39, 0.29) is 5.69 Å². The Balaban J connectivity index is 1.55. The number of amides is 1. The van der Waals surface area contributed by atoms with Gasteiger partial charge in [0.05, 0.1) is 0 Å². The summed E-state index contributed by atoms with van der Waals surface area (Å²) in [7, 11) is 0.